The van der Waals surface area contributed by atoms with Gasteiger partial charge in [-0.25, -0.2) is 9.52 Å². The topological polar surface area (TPSA) is 81.8 Å². The van der Waals surface area contributed by atoms with E-state index in [4.69, 9.17) is 11.6 Å². The number of hydrogen-bond acceptors (Lipinski definition) is 5. The van der Waals surface area contributed by atoms with Crippen LogP contribution in [0, 0.1) is 6.92 Å². The lowest BCUT2D eigenvalue weighted by atomic mass is 10.1. The van der Waals surface area contributed by atoms with Gasteiger partial charge in [0.15, 0.2) is 0 Å². The SMILES string of the molecule is Cc1ccc(NC(=O)CN2C(=O)N(C(C)C)C(=O)C3NSC=C32)cc1Cl. The first-order chi connectivity index (χ1) is 12.3. The van der Waals surface area contributed by atoms with Crippen LogP contribution in [0.1, 0.15) is 19.4 Å². The standard InChI is InChI=1S/C17H19ClN4O3S/c1-9(2)22-16(24)15-13(8-26-20-15)21(17(22)25)7-14(23)19-11-5-4-10(3)12(18)6-11/h4-6,8-9,15,20H,7H2,1-3H3,(H,19,23). The van der Waals surface area contributed by atoms with Gasteiger partial charge in [-0.3, -0.25) is 19.4 Å². The molecule has 0 aromatic heterocycles. The number of carbonyl (C=O) groups is 3. The van der Waals surface area contributed by atoms with E-state index < -0.39 is 12.1 Å². The second-order valence-corrected chi connectivity index (χ2v) is 7.51. The number of fused-ring (bicyclic) bond motifs is 1. The molecule has 2 N–H and O–H groups in total. The van der Waals surface area contributed by atoms with Crippen molar-refractivity contribution in [3.05, 3.63) is 39.9 Å². The second-order valence-electron chi connectivity index (χ2n) is 6.39. The zero-order valence-electron chi connectivity index (χ0n) is 14.6. The molecule has 1 aromatic carbocycles. The van der Waals surface area contributed by atoms with Crippen molar-refractivity contribution in [3.63, 3.8) is 0 Å². The molecule has 1 atom stereocenters. The van der Waals surface area contributed by atoms with E-state index in [0.717, 1.165) is 5.56 Å². The van der Waals surface area contributed by atoms with Gasteiger partial charge < -0.3 is 5.32 Å². The van der Waals surface area contributed by atoms with Crippen molar-refractivity contribution in [2.24, 2.45) is 0 Å². The maximum Gasteiger partial charge on any atom is 0.331 e. The molecule has 2 heterocycles. The number of amides is 4. The summed E-state index contributed by atoms with van der Waals surface area (Å²) in [6, 6.07) is 3.79. The Hall–Kier alpha value is -2.03. The number of imide groups is 1. The summed E-state index contributed by atoms with van der Waals surface area (Å²) in [6.45, 7) is 5.21. The lowest BCUT2D eigenvalue weighted by Gasteiger charge is -2.39. The molecule has 4 amide bonds. The van der Waals surface area contributed by atoms with Crippen LogP contribution in [0.5, 0.6) is 0 Å². The third-order valence-electron chi connectivity index (χ3n) is 4.17. The van der Waals surface area contributed by atoms with Crippen LogP contribution in [0.15, 0.2) is 29.3 Å². The summed E-state index contributed by atoms with van der Waals surface area (Å²) in [6.07, 6.45) is 0. The Kier molecular flexibility index (Phi) is 5.27. The van der Waals surface area contributed by atoms with Crippen LogP contribution in [-0.4, -0.2) is 46.3 Å². The number of halogens is 1. The Bertz CT molecular complexity index is 811. The number of anilines is 1. The highest BCUT2D eigenvalue weighted by Gasteiger charge is 2.46. The molecule has 2 aliphatic rings. The number of nitrogens with one attached hydrogen (secondary N) is 2. The lowest BCUT2D eigenvalue weighted by Crippen LogP contribution is -2.62. The number of hydrogen-bond donors (Lipinski definition) is 2. The lowest BCUT2D eigenvalue weighted by molar-refractivity contribution is -0.133. The van der Waals surface area contributed by atoms with E-state index in [9.17, 15) is 14.4 Å². The average molecular weight is 395 g/mol. The van der Waals surface area contributed by atoms with Gasteiger partial charge in [0.2, 0.25) is 5.91 Å². The monoisotopic (exact) mass is 394 g/mol. The number of rotatable bonds is 4. The largest absolute Gasteiger partial charge is 0.331 e. The zero-order chi connectivity index (χ0) is 19.0. The summed E-state index contributed by atoms with van der Waals surface area (Å²) >= 11 is 7.31. The van der Waals surface area contributed by atoms with Crippen molar-refractivity contribution in [1.82, 2.24) is 14.5 Å². The van der Waals surface area contributed by atoms with Gasteiger partial charge in [-0.1, -0.05) is 29.6 Å². The summed E-state index contributed by atoms with van der Waals surface area (Å²) in [4.78, 5) is 40.2. The first-order valence-electron chi connectivity index (χ1n) is 8.11. The molecule has 26 heavy (non-hydrogen) atoms. The van der Waals surface area contributed by atoms with Crippen LogP contribution in [0.25, 0.3) is 0 Å². The van der Waals surface area contributed by atoms with Crippen molar-refractivity contribution in [3.8, 4) is 0 Å². The summed E-state index contributed by atoms with van der Waals surface area (Å²) in [7, 11) is 0. The summed E-state index contributed by atoms with van der Waals surface area (Å²) in [5.74, 6) is -0.670. The third kappa shape index (κ3) is 3.44. The number of urea groups is 1. The molecule has 138 valence electrons. The number of benzene rings is 1. The fraction of sp³-hybridized carbons (Fsp3) is 0.353. The van der Waals surface area contributed by atoms with Crippen molar-refractivity contribution < 1.29 is 14.4 Å². The zero-order valence-corrected chi connectivity index (χ0v) is 16.1. The number of aryl methyl sites for hydroxylation is 1. The van der Waals surface area contributed by atoms with Crippen LogP contribution >= 0.6 is 23.5 Å². The molecule has 1 saturated heterocycles. The molecule has 0 aliphatic carbocycles. The molecule has 1 unspecified atom stereocenters. The predicted molar refractivity (Wildman–Crippen MR) is 102 cm³/mol. The van der Waals surface area contributed by atoms with E-state index in [1.807, 2.05) is 6.92 Å². The van der Waals surface area contributed by atoms with E-state index in [-0.39, 0.29) is 24.4 Å². The van der Waals surface area contributed by atoms with Gasteiger partial charge in [-0.15, -0.1) is 0 Å². The maximum absolute atomic E-state index is 12.8. The molecule has 0 radical (unpaired) electrons. The minimum atomic E-state index is -0.623. The summed E-state index contributed by atoms with van der Waals surface area (Å²) in [5, 5.41) is 4.98. The van der Waals surface area contributed by atoms with Crippen LogP contribution in [0.3, 0.4) is 0 Å². The average Bonchev–Trinajstić information content (AvgIpc) is 3.04. The normalized spacial score (nSPS) is 19.7. The minimum Gasteiger partial charge on any atom is -0.324 e. The molecule has 1 aromatic rings. The molecule has 0 bridgehead atoms. The molecular weight excluding hydrogens is 376 g/mol. The predicted octanol–water partition coefficient (Wildman–Crippen LogP) is 2.72. The highest BCUT2D eigenvalue weighted by molar-refractivity contribution is 8.00. The minimum absolute atomic E-state index is 0.189. The highest BCUT2D eigenvalue weighted by atomic mass is 35.5. The van der Waals surface area contributed by atoms with Gasteiger partial charge in [0.25, 0.3) is 5.91 Å². The molecule has 7 nitrogen and oxygen atoms in total. The Labute approximate surface area is 160 Å². The maximum atomic E-state index is 12.8. The van der Waals surface area contributed by atoms with Gasteiger partial charge in [-0.2, -0.15) is 0 Å². The van der Waals surface area contributed by atoms with Gasteiger partial charge in [0.05, 0.1) is 5.70 Å². The van der Waals surface area contributed by atoms with E-state index in [1.165, 1.54) is 21.7 Å². The molecule has 3 rings (SSSR count). The van der Waals surface area contributed by atoms with Crippen molar-refractivity contribution in [1.29, 1.82) is 0 Å². The summed E-state index contributed by atoms with van der Waals surface area (Å²) < 4.78 is 2.97. The van der Waals surface area contributed by atoms with Gasteiger partial charge >= 0.3 is 6.03 Å². The van der Waals surface area contributed by atoms with Crippen molar-refractivity contribution >= 4 is 47.1 Å². The van der Waals surface area contributed by atoms with E-state index in [0.29, 0.717) is 16.4 Å². The third-order valence-corrected chi connectivity index (χ3v) is 5.31. The van der Waals surface area contributed by atoms with Crippen LogP contribution < -0.4 is 10.0 Å². The first kappa shape index (κ1) is 18.8. The van der Waals surface area contributed by atoms with Crippen molar-refractivity contribution in [2.75, 3.05) is 11.9 Å². The molecule has 2 aliphatic heterocycles. The van der Waals surface area contributed by atoms with Gasteiger partial charge in [-0.05, 0) is 38.5 Å². The van der Waals surface area contributed by atoms with E-state index in [1.54, 1.807) is 37.5 Å². The van der Waals surface area contributed by atoms with E-state index >= 15 is 0 Å². The Balaban J connectivity index is 1.78. The fourth-order valence-electron chi connectivity index (χ4n) is 2.81. The first-order valence-corrected chi connectivity index (χ1v) is 9.37. The Morgan fingerprint density at radius 1 is 1.38 bits per heavy atom. The smallest absolute Gasteiger partial charge is 0.324 e. The van der Waals surface area contributed by atoms with Gasteiger partial charge in [0.1, 0.15) is 12.6 Å². The van der Waals surface area contributed by atoms with Crippen LogP contribution in [0.2, 0.25) is 5.02 Å². The van der Waals surface area contributed by atoms with E-state index in [2.05, 4.69) is 10.0 Å². The Morgan fingerprint density at radius 2 is 2.12 bits per heavy atom. The number of carbonyl (C=O) groups excluding carboxylic acids is 3. The molecule has 0 saturated carbocycles. The highest BCUT2D eigenvalue weighted by Crippen LogP contribution is 2.30. The quantitative estimate of drug-likeness (QED) is 0.767. The van der Waals surface area contributed by atoms with Gasteiger partial charge in [0, 0.05) is 22.2 Å². The van der Waals surface area contributed by atoms with Crippen LogP contribution in [0.4, 0.5) is 10.5 Å². The molecule has 0 spiro atoms. The second kappa shape index (κ2) is 7.30. The Morgan fingerprint density at radius 3 is 2.77 bits per heavy atom. The summed E-state index contributed by atoms with van der Waals surface area (Å²) in [5.41, 5.74) is 1.96. The fourth-order valence-corrected chi connectivity index (χ4v) is 3.80. The molecule has 1 fully saturated rings. The molecular formula is C17H19ClN4O3S. The van der Waals surface area contributed by atoms with Crippen LogP contribution in [-0.2, 0) is 9.59 Å². The molecule has 9 heteroatoms. The number of nitrogens with zero attached hydrogens (tertiary/aromatic N) is 2. The van der Waals surface area contributed by atoms with Crippen molar-refractivity contribution in [2.45, 2.75) is 32.9 Å².